The molecule has 0 bridgehead atoms. The molecular weight excluding hydrogens is 351 g/mol. The summed E-state index contributed by atoms with van der Waals surface area (Å²) in [5.74, 6) is 0.860. The molecule has 3 N–H and O–H groups in total. The summed E-state index contributed by atoms with van der Waals surface area (Å²) in [6.45, 7) is 2.47. The Balaban J connectivity index is 1.75. The molecule has 1 aromatic carbocycles. The molecule has 26 heavy (non-hydrogen) atoms. The van der Waals surface area contributed by atoms with Crippen LogP contribution in [0.1, 0.15) is 43.7 Å². The third kappa shape index (κ3) is 4.67. The number of hydrogen-bond donors (Lipinski definition) is 2. The molecule has 1 aromatic rings. The van der Waals surface area contributed by atoms with Crippen LogP contribution < -0.4 is 11.1 Å². The molecule has 0 radical (unpaired) electrons. The first kappa shape index (κ1) is 18.5. The summed E-state index contributed by atoms with van der Waals surface area (Å²) in [7, 11) is 0. The van der Waals surface area contributed by atoms with E-state index < -0.39 is 0 Å². The van der Waals surface area contributed by atoms with E-state index in [4.69, 9.17) is 17.3 Å². The van der Waals surface area contributed by atoms with E-state index in [0.717, 1.165) is 31.5 Å². The van der Waals surface area contributed by atoms with E-state index in [2.05, 4.69) is 23.3 Å². The van der Waals surface area contributed by atoms with Crippen LogP contribution in [0.2, 0.25) is 5.02 Å². The minimum Gasteiger partial charge on any atom is -0.383 e. The van der Waals surface area contributed by atoms with Gasteiger partial charge in [0, 0.05) is 28.5 Å². The highest BCUT2D eigenvalue weighted by atomic mass is 35.5. The predicted molar refractivity (Wildman–Crippen MR) is 105 cm³/mol. The van der Waals surface area contributed by atoms with E-state index in [9.17, 15) is 4.39 Å². The Kier molecular flexibility index (Phi) is 5.99. The molecule has 1 fully saturated rings. The van der Waals surface area contributed by atoms with Gasteiger partial charge in [-0.15, -0.1) is 0 Å². The summed E-state index contributed by atoms with van der Waals surface area (Å²) in [5, 5.41) is 3.51. The van der Waals surface area contributed by atoms with Crippen molar-refractivity contribution in [1.82, 2.24) is 10.2 Å². The molecule has 1 aliphatic carbocycles. The second-order valence-electron chi connectivity index (χ2n) is 6.52. The molecule has 0 aromatic heterocycles. The molecule has 1 saturated carbocycles. The fraction of sp³-hybridized carbons (Fsp3) is 0.350. The average molecular weight is 375 g/mol. The Bertz CT molecular complexity index is 755. The van der Waals surface area contributed by atoms with Crippen molar-refractivity contribution in [3.05, 3.63) is 70.5 Å². The van der Waals surface area contributed by atoms with E-state index >= 15 is 0 Å². The smallest absolute Gasteiger partial charge is 0.130 e. The standard InChI is InChI=1S/C20H24ClFN4/c1-2-3-4-5-6-19-24-9-10-26(19)13-16-17(21)11-14(12-18(16)22)20(23)25-15-7-8-15/h4-6,9-12,15,24H,2-3,7-8,13H2,1H3,(H2,23,25)/b5-4-,19-6+. The van der Waals surface area contributed by atoms with Crippen LogP contribution in [-0.4, -0.2) is 16.8 Å². The largest absolute Gasteiger partial charge is 0.383 e. The zero-order valence-corrected chi connectivity index (χ0v) is 15.6. The normalized spacial score (nSPS) is 19.0. The van der Waals surface area contributed by atoms with E-state index in [-0.39, 0.29) is 11.9 Å². The Labute approximate surface area is 158 Å². The van der Waals surface area contributed by atoms with Crippen molar-refractivity contribution >= 4 is 17.4 Å². The van der Waals surface area contributed by atoms with Crippen molar-refractivity contribution in [2.75, 3.05) is 0 Å². The maximum absolute atomic E-state index is 14.7. The number of aliphatic imine (C=N–C) groups is 1. The second-order valence-corrected chi connectivity index (χ2v) is 6.93. The van der Waals surface area contributed by atoms with Crippen LogP contribution in [0.5, 0.6) is 0 Å². The van der Waals surface area contributed by atoms with E-state index in [1.165, 1.54) is 6.07 Å². The van der Waals surface area contributed by atoms with Gasteiger partial charge in [-0.25, -0.2) is 4.39 Å². The SMILES string of the molecule is CCC/C=C\C=C1/NC=CN1Cc1c(F)cc(C(N)=NC2CC2)cc1Cl. The summed E-state index contributed by atoms with van der Waals surface area (Å²) in [4.78, 5) is 6.27. The highest BCUT2D eigenvalue weighted by Gasteiger charge is 2.22. The number of rotatable bonds is 7. The van der Waals surface area contributed by atoms with E-state index in [1.807, 2.05) is 29.5 Å². The number of nitrogens with zero attached hydrogens (tertiary/aromatic N) is 2. The van der Waals surface area contributed by atoms with Crippen molar-refractivity contribution in [2.24, 2.45) is 10.7 Å². The third-order valence-corrected chi connectivity index (χ3v) is 4.61. The van der Waals surface area contributed by atoms with Gasteiger partial charge in [0.1, 0.15) is 17.5 Å². The fourth-order valence-electron chi connectivity index (χ4n) is 2.63. The molecule has 0 unspecified atom stereocenters. The molecule has 1 heterocycles. The van der Waals surface area contributed by atoms with Crippen molar-refractivity contribution in [1.29, 1.82) is 0 Å². The lowest BCUT2D eigenvalue weighted by molar-refractivity contribution is 0.447. The van der Waals surface area contributed by atoms with Crippen molar-refractivity contribution < 1.29 is 4.39 Å². The van der Waals surface area contributed by atoms with Crippen molar-refractivity contribution in [3.8, 4) is 0 Å². The number of nitrogens with two attached hydrogens (primary N) is 1. The molecule has 4 nitrogen and oxygen atoms in total. The molecule has 138 valence electrons. The van der Waals surface area contributed by atoms with Gasteiger partial charge >= 0.3 is 0 Å². The van der Waals surface area contributed by atoms with Gasteiger partial charge in [-0.3, -0.25) is 4.99 Å². The topological polar surface area (TPSA) is 53.6 Å². The lowest BCUT2D eigenvalue weighted by Crippen LogP contribution is -2.20. The minimum absolute atomic E-state index is 0.283. The number of amidine groups is 1. The highest BCUT2D eigenvalue weighted by Crippen LogP contribution is 2.27. The van der Waals surface area contributed by atoms with Gasteiger partial charge in [-0.1, -0.05) is 37.1 Å². The monoisotopic (exact) mass is 374 g/mol. The molecule has 0 spiro atoms. The van der Waals surface area contributed by atoms with Gasteiger partial charge in [-0.2, -0.15) is 0 Å². The van der Waals surface area contributed by atoms with Gasteiger partial charge in [-0.05, 0) is 37.5 Å². The van der Waals surface area contributed by atoms with E-state index in [0.29, 0.717) is 28.5 Å². The maximum Gasteiger partial charge on any atom is 0.130 e. The summed E-state index contributed by atoms with van der Waals surface area (Å²) in [6, 6.07) is 3.39. The molecule has 3 rings (SSSR count). The molecule has 0 saturated heterocycles. The molecular formula is C20H24ClFN4. The lowest BCUT2D eigenvalue weighted by atomic mass is 10.1. The first-order chi connectivity index (χ1) is 12.6. The van der Waals surface area contributed by atoms with Gasteiger partial charge < -0.3 is 16.0 Å². The first-order valence-electron chi connectivity index (χ1n) is 8.96. The number of allylic oxidation sites excluding steroid dienone is 3. The van der Waals surface area contributed by atoms with Crippen LogP contribution in [0.15, 0.2) is 53.6 Å². The number of hydrogen-bond acceptors (Lipinski definition) is 3. The van der Waals surface area contributed by atoms with Crippen molar-refractivity contribution in [2.45, 2.75) is 45.2 Å². The Morgan fingerprint density at radius 3 is 2.96 bits per heavy atom. The lowest BCUT2D eigenvalue weighted by Gasteiger charge is -2.19. The number of nitrogens with one attached hydrogen (secondary N) is 1. The van der Waals surface area contributed by atoms with E-state index in [1.54, 1.807) is 6.07 Å². The fourth-order valence-corrected chi connectivity index (χ4v) is 2.89. The predicted octanol–water partition coefficient (Wildman–Crippen LogP) is 4.42. The zero-order valence-electron chi connectivity index (χ0n) is 14.9. The number of unbranched alkanes of at least 4 members (excludes halogenated alkanes) is 1. The zero-order chi connectivity index (χ0) is 18.5. The summed E-state index contributed by atoms with van der Waals surface area (Å²) in [5.41, 5.74) is 6.94. The molecule has 0 atom stereocenters. The quantitative estimate of drug-likeness (QED) is 0.548. The first-order valence-corrected chi connectivity index (χ1v) is 9.34. The van der Waals surface area contributed by atoms with Crippen LogP contribution in [0.4, 0.5) is 4.39 Å². The van der Waals surface area contributed by atoms with Gasteiger partial charge in [0.15, 0.2) is 0 Å². The number of halogens is 2. The van der Waals surface area contributed by atoms with Crippen molar-refractivity contribution in [3.63, 3.8) is 0 Å². The Morgan fingerprint density at radius 1 is 1.46 bits per heavy atom. The number of benzene rings is 1. The third-order valence-electron chi connectivity index (χ3n) is 4.27. The average Bonchev–Trinajstić information content (AvgIpc) is 3.31. The molecule has 0 amide bonds. The maximum atomic E-state index is 14.7. The molecule has 1 aliphatic heterocycles. The van der Waals surface area contributed by atoms with Crippen LogP contribution in [0.25, 0.3) is 0 Å². The Morgan fingerprint density at radius 2 is 2.27 bits per heavy atom. The second kappa shape index (κ2) is 8.41. The Hall–Kier alpha value is -2.27. The van der Waals surface area contributed by atoms with Gasteiger partial charge in [0.2, 0.25) is 0 Å². The van der Waals surface area contributed by atoms with Crippen LogP contribution in [0.3, 0.4) is 0 Å². The van der Waals surface area contributed by atoms with Crippen LogP contribution >= 0.6 is 11.6 Å². The minimum atomic E-state index is -0.373. The summed E-state index contributed by atoms with van der Waals surface area (Å²) < 4.78 is 14.7. The molecule has 2 aliphatic rings. The highest BCUT2D eigenvalue weighted by molar-refractivity contribution is 6.31. The van der Waals surface area contributed by atoms with Crippen LogP contribution in [0, 0.1) is 5.82 Å². The van der Waals surface area contributed by atoms with Crippen LogP contribution in [-0.2, 0) is 6.54 Å². The van der Waals surface area contributed by atoms with Gasteiger partial charge in [0.25, 0.3) is 0 Å². The van der Waals surface area contributed by atoms with Gasteiger partial charge in [0.05, 0.1) is 12.6 Å². The summed E-state index contributed by atoms with van der Waals surface area (Å²) >= 11 is 6.35. The molecule has 6 heteroatoms. The summed E-state index contributed by atoms with van der Waals surface area (Å²) in [6.07, 6.45) is 14.0.